The van der Waals surface area contributed by atoms with E-state index in [0.29, 0.717) is 31.7 Å². The Kier molecular flexibility index (Phi) is 5.42. The fraction of sp³-hybridized carbons (Fsp3) is 0.533. The topological polar surface area (TPSA) is 83.5 Å². The van der Waals surface area contributed by atoms with Crippen LogP contribution in [0, 0.1) is 5.92 Å². The van der Waals surface area contributed by atoms with Gasteiger partial charge >= 0.3 is 12.3 Å². The molecule has 1 aromatic carbocycles. The average molecular weight is 365 g/mol. The lowest BCUT2D eigenvalue weighted by atomic mass is 9.87. The van der Waals surface area contributed by atoms with Gasteiger partial charge in [0, 0.05) is 6.04 Å². The van der Waals surface area contributed by atoms with Crippen molar-refractivity contribution in [3.63, 3.8) is 0 Å². The number of alkyl halides is 3. The van der Waals surface area contributed by atoms with Crippen LogP contribution in [0.25, 0.3) is 0 Å². The minimum atomic E-state index is -4.59. The highest BCUT2D eigenvalue weighted by Crippen LogP contribution is 2.32. The lowest BCUT2D eigenvalue weighted by Gasteiger charge is -2.28. The van der Waals surface area contributed by atoms with Crippen LogP contribution in [0.15, 0.2) is 29.2 Å². The fourth-order valence-corrected chi connectivity index (χ4v) is 4.66. The van der Waals surface area contributed by atoms with Crippen LogP contribution in [0.4, 0.5) is 18.0 Å². The summed E-state index contributed by atoms with van der Waals surface area (Å²) in [6.07, 6.45) is -3.63. The Hall–Kier alpha value is -1.77. The zero-order chi connectivity index (χ0) is 18.0. The Bertz CT molecular complexity index is 695. The molecular weight excluding hydrogens is 347 g/mol. The zero-order valence-corrected chi connectivity index (χ0v) is 13.5. The Balaban J connectivity index is 2.04. The van der Waals surface area contributed by atoms with Crippen molar-refractivity contribution in [2.24, 2.45) is 5.92 Å². The third-order valence-electron chi connectivity index (χ3n) is 4.15. The van der Waals surface area contributed by atoms with E-state index in [2.05, 4.69) is 5.32 Å². The van der Waals surface area contributed by atoms with Gasteiger partial charge in [0.05, 0.1) is 16.2 Å². The molecule has 1 aromatic rings. The second-order valence-electron chi connectivity index (χ2n) is 5.97. The molecule has 0 radical (unpaired) electrons. The number of nitrogens with one attached hydrogen (secondary N) is 1. The van der Waals surface area contributed by atoms with Crippen molar-refractivity contribution in [1.82, 2.24) is 5.32 Å². The largest absolute Gasteiger partial charge is 0.465 e. The third kappa shape index (κ3) is 4.86. The SMILES string of the molecule is O=C(O)NC1CCC(CS(=O)(=O)c2cccc(C(F)(F)F)c2)CC1. The smallest absolute Gasteiger partial charge is 0.416 e. The summed E-state index contributed by atoms with van der Waals surface area (Å²) in [6.45, 7) is 0. The maximum atomic E-state index is 12.7. The van der Waals surface area contributed by atoms with E-state index in [1.807, 2.05) is 0 Å². The van der Waals surface area contributed by atoms with E-state index in [-0.39, 0.29) is 22.6 Å². The first-order valence-corrected chi connectivity index (χ1v) is 9.12. The van der Waals surface area contributed by atoms with E-state index in [1.54, 1.807) is 0 Å². The van der Waals surface area contributed by atoms with Crippen molar-refractivity contribution in [3.8, 4) is 0 Å². The van der Waals surface area contributed by atoms with Gasteiger partial charge in [-0.3, -0.25) is 0 Å². The standard InChI is InChI=1S/C15H18F3NO4S/c16-15(17,18)11-2-1-3-13(8-11)24(22,23)9-10-4-6-12(7-5-10)19-14(20)21/h1-3,8,10,12,19H,4-7,9H2,(H,20,21). The van der Waals surface area contributed by atoms with Crippen LogP contribution in [0.1, 0.15) is 31.2 Å². The number of carbonyl (C=O) groups is 1. The summed E-state index contributed by atoms with van der Waals surface area (Å²) < 4.78 is 62.9. The minimum absolute atomic E-state index is 0.184. The fourth-order valence-electron chi connectivity index (χ4n) is 2.92. The van der Waals surface area contributed by atoms with Crippen molar-refractivity contribution in [3.05, 3.63) is 29.8 Å². The van der Waals surface area contributed by atoms with E-state index in [1.165, 1.54) is 6.07 Å². The van der Waals surface area contributed by atoms with Crippen LogP contribution < -0.4 is 5.32 Å². The summed E-state index contributed by atoms with van der Waals surface area (Å²) >= 11 is 0. The molecule has 0 aliphatic heterocycles. The van der Waals surface area contributed by atoms with Crippen LogP contribution in [-0.2, 0) is 16.0 Å². The van der Waals surface area contributed by atoms with Gasteiger partial charge in [-0.25, -0.2) is 13.2 Å². The van der Waals surface area contributed by atoms with E-state index >= 15 is 0 Å². The predicted octanol–water partition coefficient (Wildman–Crippen LogP) is 3.31. The van der Waals surface area contributed by atoms with Crippen LogP contribution in [0.2, 0.25) is 0 Å². The highest BCUT2D eigenvalue weighted by Gasteiger charge is 2.32. The van der Waals surface area contributed by atoms with Crippen molar-refractivity contribution in [2.75, 3.05) is 5.75 Å². The number of benzene rings is 1. The van der Waals surface area contributed by atoms with Crippen LogP contribution >= 0.6 is 0 Å². The summed E-state index contributed by atoms with van der Waals surface area (Å²) in [5.41, 5.74) is -0.988. The molecule has 0 aromatic heterocycles. The number of sulfone groups is 1. The van der Waals surface area contributed by atoms with Gasteiger partial charge in [0.15, 0.2) is 9.84 Å². The lowest BCUT2D eigenvalue weighted by molar-refractivity contribution is -0.137. The maximum Gasteiger partial charge on any atom is 0.416 e. The molecule has 0 atom stereocenters. The van der Waals surface area contributed by atoms with E-state index in [0.717, 1.165) is 12.1 Å². The normalized spacial score (nSPS) is 22.1. The summed E-state index contributed by atoms with van der Waals surface area (Å²) in [7, 11) is -3.82. The molecule has 1 amide bonds. The molecular formula is C15H18F3NO4S. The molecule has 5 nitrogen and oxygen atoms in total. The van der Waals surface area contributed by atoms with Crippen molar-refractivity contribution < 1.29 is 31.5 Å². The molecule has 9 heteroatoms. The van der Waals surface area contributed by atoms with Gasteiger partial charge in [-0.2, -0.15) is 13.2 Å². The Morgan fingerprint density at radius 2 is 1.83 bits per heavy atom. The van der Waals surface area contributed by atoms with Gasteiger partial charge in [0.2, 0.25) is 0 Å². The van der Waals surface area contributed by atoms with E-state index < -0.39 is 27.7 Å². The van der Waals surface area contributed by atoms with Gasteiger partial charge in [-0.05, 0) is 49.8 Å². The quantitative estimate of drug-likeness (QED) is 0.858. The first-order chi connectivity index (χ1) is 11.1. The van der Waals surface area contributed by atoms with Gasteiger partial charge in [-0.1, -0.05) is 6.07 Å². The van der Waals surface area contributed by atoms with Gasteiger partial charge in [0.1, 0.15) is 0 Å². The number of hydrogen-bond donors (Lipinski definition) is 2. The van der Waals surface area contributed by atoms with Crippen molar-refractivity contribution in [2.45, 2.75) is 42.8 Å². The lowest BCUT2D eigenvalue weighted by Crippen LogP contribution is -2.37. The molecule has 2 N–H and O–H groups in total. The monoisotopic (exact) mass is 365 g/mol. The van der Waals surface area contributed by atoms with Gasteiger partial charge < -0.3 is 10.4 Å². The molecule has 1 aliphatic rings. The summed E-state index contributed by atoms with van der Waals surface area (Å²) in [5, 5.41) is 11.0. The second kappa shape index (κ2) is 7.00. The number of amides is 1. The first kappa shape index (κ1) is 18.6. The number of rotatable bonds is 4. The van der Waals surface area contributed by atoms with Crippen LogP contribution in [0.3, 0.4) is 0 Å². The molecule has 0 saturated heterocycles. The maximum absolute atomic E-state index is 12.7. The predicted molar refractivity (Wildman–Crippen MR) is 80.4 cm³/mol. The molecule has 1 saturated carbocycles. The van der Waals surface area contributed by atoms with Gasteiger partial charge in [0.25, 0.3) is 0 Å². The number of carboxylic acid groups (broad SMARTS) is 1. The minimum Gasteiger partial charge on any atom is -0.465 e. The Labute approximate surface area is 137 Å². The average Bonchev–Trinajstić information content (AvgIpc) is 2.48. The molecule has 1 aliphatic carbocycles. The highest BCUT2D eigenvalue weighted by atomic mass is 32.2. The van der Waals surface area contributed by atoms with Crippen LogP contribution in [0.5, 0.6) is 0 Å². The van der Waals surface area contributed by atoms with Gasteiger partial charge in [-0.15, -0.1) is 0 Å². The molecule has 0 spiro atoms. The molecule has 0 bridgehead atoms. The molecule has 0 unspecified atom stereocenters. The molecule has 2 rings (SSSR count). The summed E-state index contributed by atoms with van der Waals surface area (Å²) in [6, 6.07) is 3.55. The van der Waals surface area contributed by atoms with E-state index in [9.17, 15) is 26.4 Å². The first-order valence-electron chi connectivity index (χ1n) is 7.47. The highest BCUT2D eigenvalue weighted by molar-refractivity contribution is 7.91. The van der Waals surface area contributed by atoms with Crippen molar-refractivity contribution >= 4 is 15.9 Å². The number of hydrogen-bond acceptors (Lipinski definition) is 3. The van der Waals surface area contributed by atoms with E-state index in [4.69, 9.17) is 5.11 Å². The second-order valence-corrected chi connectivity index (χ2v) is 8.01. The number of halogens is 3. The molecule has 1 fully saturated rings. The molecule has 24 heavy (non-hydrogen) atoms. The molecule has 134 valence electrons. The Morgan fingerprint density at radius 1 is 1.21 bits per heavy atom. The summed E-state index contributed by atoms with van der Waals surface area (Å²) in [5.74, 6) is -0.412. The van der Waals surface area contributed by atoms with Crippen molar-refractivity contribution in [1.29, 1.82) is 0 Å². The van der Waals surface area contributed by atoms with Crippen LogP contribution in [-0.4, -0.2) is 31.4 Å². The summed E-state index contributed by atoms with van der Waals surface area (Å²) in [4.78, 5) is 10.2. The molecule has 0 heterocycles. The Morgan fingerprint density at radius 3 is 2.38 bits per heavy atom. The zero-order valence-electron chi connectivity index (χ0n) is 12.7. The third-order valence-corrected chi connectivity index (χ3v) is 6.03.